The summed E-state index contributed by atoms with van der Waals surface area (Å²) in [5, 5.41) is 3.15. The Kier molecular flexibility index (Phi) is 8.67. The minimum absolute atomic E-state index is 0. The molecule has 3 N–H and O–H groups in total. The molecule has 0 aliphatic rings. The lowest BCUT2D eigenvalue weighted by Crippen LogP contribution is -2.46. The summed E-state index contributed by atoms with van der Waals surface area (Å²) in [6, 6.07) is 20.6. The second kappa shape index (κ2) is 10.2. The minimum Gasteiger partial charge on any atom is -0.355 e. The van der Waals surface area contributed by atoms with Crippen molar-refractivity contribution in [2.24, 2.45) is 11.1 Å². The predicted molar refractivity (Wildman–Crippen MR) is 107 cm³/mol. The van der Waals surface area contributed by atoms with Gasteiger partial charge in [-0.15, -0.1) is 12.4 Å². The van der Waals surface area contributed by atoms with Crippen molar-refractivity contribution in [1.82, 2.24) is 5.32 Å². The first kappa shape index (κ1) is 21.2. The molecule has 0 spiro atoms. The molecule has 0 saturated carbocycles. The molecule has 3 nitrogen and oxygen atoms in total. The van der Waals surface area contributed by atoms with Gasteiger partial charge in [-0.1, -0.05) is 74.5 Å². The Morgan fingerprint density at radius 1 is 0.960 bits per heavy atom. The number of hydrogen-bond donors (Lipinski definition) is 2. The fourth-order valence-electron chi connectivity index (χ4n) is 3.13. The van der Waals surface area contributed by atoms with Crippen molar-refractivity contribution in [3.63, 3.8) is 0 Å². The summed E-state index contributed by atoms with van der Waals surface area (Å²) < 4.78 is 0. The number of halogens is 1. The minimum atomic E-state index is -0.460. The van der Waals surface area contributed by atoms with Crippen LogP contribution in [0.3, 0.4) is 0 Å². The van der Waals surface area contributed by atoms with Crippen LogP contribution in [0.4, 0.5) is 0 Å². The highest BCUT2D eigenvalue weighted by atomic mass is 35.5. The number of hydrogen-bond acceptors (Lipinski definition) is 2. The molecule has 2 rings (SSSR count). The first-order valence-corrected chi connectivity index (χ1v) is 8.75. The van der Waals surface area contributed by atoms with E-state index in [1.165, 1.54) is 11.1 Å². The van der Waals surface area contributed by atoms with Crippen LogP contribution in [0.25, 0.3) is 0 Å². The van der Waals surface area contributed by atoms with Gasteiger partial charge < -0.3 is 11.1 Å². The van der Waals surface area contributed by atoms with Gasteiger partial charge >= 0.3 is 0 Å². The van der Waals surface area contributed by atoms with Crippen LogP contribution in [0.2, 0.25) is 0 Å². The van der Waals surface area contributed by atoms with Gasteiger partial charge in [0.25, 0.3) is 0 Å². The monoisotopic (exact) mass is 360 g/mol. The maximum Gasteiger partial charge on any atom is 0.227 e. The molecule has 0 radical (unpaired) electrons. The molecule has 0 unspecified atom stereocenters. The molecular formula is C21H29ClN2O. The summed E-state index contributed by atoms with van der Waals surface area (Å²) in [7, 11) is 0. The standard InChI is InChI=1S/C21H28N2O.ClH/c1-3-21(4-2,16-22)20(24)23-15-19(17-11-7-5-8-12-17)18-13-9-6-10-14-18;/h5-14,19H,3-4,15-16,22H2,1-2H3,(H,23,24);1H. The third-order valence-corrected chi connectivity index (χ3v) is 5.10. The zero-order valence-corrected chi connectivity index (χ0v) is 15.9. The average molecular weight is 361 g/mol. The van der Waals surface area contributed by atoms with E-state index in [0.717, 1.165) is 12.8 Å². The van der Waals surface area contributed by atoms with Crippen molar-refractivity contribution in [2.75, 3.05) is 13.1 Å². The number of nitrogens with two attached hydrogens (primary N) is 1. The fraction of sp³-hybridized carbons (Fsp3) is 0.381. The van der Waals surface area contributed by atoms with E-state index in [1.54, 1.807) is 0 Å². The van der Waals surface area contributed by atoms with Crippen LogP contribution in [0.15, 0.2) is 60.7 Å². The van der Waals surface area contributed by atoms with Gasteiger partial charge in [-0.3, -0.25) is 4.79 Å². The SMILES string of the molecule is CCC(CC)(CN)C(=O)NCC(c1ccccc1)c1ccccc1.Cl. The zero-order valence-electron chi connectivity index (χ0n) is 15.1. The van der Waals surface area contributed by atoms with Gasteiger partial charge in [-0.05, 0) is 24.0 Å². The van der Waals surface area contributed by atoms with Crippen LogP contribution in [-0.4, -0.2) is 19.0 Å². The molecule has 0 bridgehead atoms. The molecule has 2 aromatic carbocycles. The van der Waals surface area contributed by atoms with E-state index in [1.807, 2.05) is 50.2 Å². The smallest absolute Gasteiger partial charge is 0.227 e. The Bertz CT molecular complexity index is 579. The molecule has 0 heterocycles. The summed E-state index contributed by atoms with van der Waals surface area (Å²) in [5.41, 5.74) is 7.85. The lowest BCUT2D eigenvalue weighted by atomic mass is 9.81. The first-order valence-electron chi connectivity index (χ1n) is 8.75. The maximum absolute atomic E-state index is 12.7. The van der Waals surface area contributed by atoms with Gasteiger partial charge in [0.15, 0.2) is 0 Å². The van der Waals surface area contributed by atoms with Crippen LogP contribution in [-0.2, 0) is 4.79 Å². The van der Waals surface area contributed by atoms with Gasteiger partial charge in [0, 0.05) is 19.0 Å². The van der Waals surface area contributed by atoms with Crippen molar-refractivity contribution in [3.8, 4) is 0 Å². The Labute approximate surface area is 157 Å². The highest BCUT2D eigenvalue weighted by Crippen LogP contribution is 2.27. The van der Waals surface area contributed by atoms with Gasteiger partial charge in [0.05, 0.1) is 5.41 Å². The van der Waals surface area contributed by atoms with Gasteiger partial charge in [-0.2, -0.15) is 0 Å². The average Bonchev–Trinajstić information content (AvgIpc) is 2.65. The molecule has 2 aromatic rings. The molecule has 0 aliphatic carbocycles. The van der Waals surface area contributed by atoms with E-state index < -0.39 is 5.41 Å². The van der Waals surface area contributed by atoms with Crippen LogP contribution >= 0.6 is 12.4 Å². The molecular weight excluding hydrogens is 332 g/mol. The highest BCUT2D eigenvalue weighted by Gasteiger charge is 2.33. The molecule has 4 heteroatoms. The van der Waals surface area contributed by atoms with E-state index >= 15 is 0 Å². The molecule has 0 atom stereocenters. The van der Waals surface area contributed by atoms with Crippen molar-refractivity contribution in [1.29, 1.82) is 0 Å². The first-order chi connectivity index (χ1) is 11.7. The lowest BCUT2D eigenvalue weighted by Gasteiger charge is -2.30. The quantitative estimate of drug-likeness (QED) is 0.743. The number of carbonyl (C=O) groups is 1. The summed E-state index contributed by atoms with van der Waals surface area (Å²) >= 11 is 0. The van der Waals surface area contributed by atoms with Gasteiger partial charge in [0.1, 0.15) is 0 Å². The van der Waals surface area contributed by atoms with Crippen molar-refractivity contribution in [3.05, 3.63) is 71.8 Å². The van der Waals surface area contributed by atoms with Crippen LogP contribution in [0, 0.1) is 5.41 Å². The fourth-order valence-corrected chi connectivity index (χ4v) is 3.13. The zero-order chi connectivity index (χ0) is 17.4. The van der Waals surface area contributed by atoms with Crippen molar-refractivity contribution < 1.29 is 4.79 Å². The molecule has 136 valence electrons. The second-order valence-corrected chi connectivity index (χ2v) is 6.28. The Balaban J connectivity index is 0.00000312. The largest absolute Gasteiger partial charge is 0.355 e. The summed E-state index contributed by atoms with van der Waals surface area (Å²) in [4.78, 5) is 12.7. The Hall–Kier alpha value is -1.84. The topological polar surface area (TPSA) is 55.1 Å². The molecule has 1 amide bonds. The molecule has 0 fully saturated rings. The van der Waals surface area contributed by atoms with Crippen molar-refractivity contribution >= 4 is 18.3 Å². The summed E-state index contributed by atoms with van der Waals surface area (Å²) in [6.07, 6.45) is 1.51. The Morgan fingerprint density at radius 3 is 1.76 bits per heavy atom. The number of amides is 1. The summed E-state index contributed by atoms with van der Waals surface area (Å²) in [6.45, 7) is 5.02. The number of rotatable bonds is 8. The Morgan fingerprint density at radius 2 is 1.40 bits per heavy atom. The van der Waals surface area contributed by atoms with Crippen molar-refractivity contribution in [2.45, 2.75) is 32.6 Å². The summed E-state index contributed by atoms with van der Waals surface area (Å²) in [5.74, 6) is 0.201. The van der Waals surface area contributed by atoms with Crippen LogP contribution in [0.1, 0.15) is 43.7 Å². The van der Waals surface area contributed by atoms with E-state index in [2.05, 4.69) is 29.6 Å². The van der Waals surface area contributed by atoms with Crippen LogP contribution < -0.4 is 11.1 Å². The normalized spacial score (nSPS) is 11.0. The lowest BCUT2D eigenvalue weighted by molar-refractivity contribution is -0.131. The predicted octanol–water partition coefficient (Wildman–Crippen LogP) is 4.12. The molecule has 0 saturated heterocycles. The maximum atomic E-state index is 12.7. The van der Waals surface area contributed by atoms with E-state index in [4.69, 9.17) is 5.73 Å². The number of nitrogens with one attached hydrogen (secondary N) is 1. The number of benzene rings is 2. The molecule has 0 aliphatic heterocycles. The highest BCUT2D eigenvalue weighted by molar-refractivity contribution is 5.85. The van der Waals surface area contributed by atoms with E-state index in [-0.39, 0.29) is 24.2 Å². The molecule has 25 heavy (non-hydrogen) atoms. The van der Waals surface area contributed by atoms with E-state index in [9.17, 15) is 4.79 Å². The molecule has 0 aromatic heterocycles. The van der Waals surface area contributed by atoms with Gasteiger partial charge in [-0.25, -0.2) is 0 Å². The second-order valence-electron chi connectivity index (χ2n) is 6.28. The number of carbonyl (C=O) groups excluding carboxylic acids is 1. The van der Waals surface area contributed by atoms with Gasteiger partial charge in [0.2, 0.25) is 5.91 Å². The third kappa shape index (κ3) is 5.07. The third-order valence-electron chi connectivity index (χ3n) is 5.10. The van der Waals surface area contributed by atoms with Crippen LogP contribution in [0.5, 0.6) is 0 Å². The van der Waals surface area contributed by atoms with E-state index in [0.29, 0.717) is 13.1 Å².